The van der Waals surface area contributed by atoms with Gasteiger partial charge in [-0.3, -0.25) is 15.1 Å². The minimum absolute atomic E-state index is 0.591. The smallest absolute Gasteiger partial charge is 0.147 e. The van der Waals surface area contributed by atoms with Crippen molar-refractivity contribution in [1.82, 2.24) is 15.3 Å². The summed E-state index contributed by atoms with van der Waals surface area (Å²) < 4.78 is 0. The monoisotopic (exact) mass is 170 g/mol. The van der Waals surface area contributed by atoms with E-state index < -0.39 is 0 Å². The lowest BCUT2D eigenvalue weighted by Crippen LogP contribution is -2.27. The van der Waals surface area contributed by atoms with Crippen LogP contribution >= 0.6 is 0 Å². The van der Waals surface area contributed by atoms with E-state index in [1.807, 2.05) is 0 Å². The van der Waals surface area contributed by atoms with Crippen molar-refractivity contribution in [2.24, 2.45) is 0 Å². The van der Waals surface area contributed by atoms with Gasteiger partial charge in [-0.2, -0.15) is 0 Å². The minimum atomic E-state index is 0.591. The molecule has 6 heteroatoms. The van der Waals surface area contributed by atoms with E-state index in [2.05, 4.69) is 15.4 Å². The normalized spacial score (nSPS) is 10.2. The highest BCUT2D eigenvalue weighted by Gasteiger charge is 2.00. The molecule has 1 N–H and O–H groups in total. The van der Waals surface area contributed by atoms with Gasteiger partial charge in [-0.1, -0.05) is 0 Å². The lowest BCUT2D eigenvalue weighted by atomic mass is 10.6. The van der Waals surface area contributed by atoms with Crippen LogP contribution < -0.4 is 5.43 Å². The lowest BCUT2D eigenvalue weighted by Gasteiger charge is -2.16. The minimum Gasteiger partial charge on any atom is -0.259 e. The van der Waals surface area contributed by atoms with Crippen LogP contribution in [0.5, 0.6) is 0 Å². The zero-order valence-corrected chi connectivity index (χ0v) is 6.89. The highest BCUT2D eigenvalue weighted by molar-refractivity contribution is 5.28. The predicted octanol–water partition coefficient (Wildman–Crippen LogP) is 0.228. The van der Waals surface area contributed by atoms with Gasteiger partial charge in [0.15, 0.2) is 0 Å². The Bertz CT molecular complexity index is 214. The van der Waals surface area contributed by atoms with Gasteiger partial charge in [-0.25, -0.2) is 9.97 Å². The van der Waals surface area contributed by atoms with Crippen LogP contribution in [-0.2, 0) is 9.68 Å². The Morgan fingerprint density at radius 1 is 1.42 bits per heavy atom. The number of nitrogens with zero attached hydrogens (tertiary/aromatic N) is 3. The van der Waals surface area contributed by atoms with Crippen LogP contribution in [0.4, 0.5) is 5.82 Å². The van der Waals surface area contributed by atoms with Crippen molar-refractivity contribution in [3.8, 4) is 0 Å². The fourth-order valence-electron chi connectivity index (χ4n) is 0.616. The third kappa shape index (κ3) is 2.42. The van der Waals surface area contributed by atoms with E-state index in [9.17, 15) is 0 Å². The van der Waals surface area contributed by atoms with Gasteiger partial charge in [-0.15, -0.1) is 0 Å². The summed E-state index contributed by atoms with van der Waals surface area (Å²) in [5, 5.41) is 1.07. The molecule has 0 amide bonds. The Labute approximate surface area is 70.0 Å². The largest absolute Gasteiger partial charge is 0.259 e. The Morgan fingerprint density at radius 2 is 2.17 bits per heavy atom. The molecule has 0 saturated heterocycles. The topological polar surface area (TPSA) is 59.5 Å². The molecular formula is C6H10N4O2. The highest BCUT2D eigenvalue weighted by atomic mass is 17.0. The first-order valence-corrected chi connectivity index (χ1v) is 3.28. The number of rotatable bonds is 4. The molecule has 0 unspecified atom stereocenters. The molecule has 0 bridgehead atoms. The quantitative estimate of drug-likeness (QED) is 0.652. The van der Waals surface area contributed by atoms with Gasteiger partial charge in [-0.05, 0) is 0 Å². The van der Waals surface area contributed by atoms with Gasteiger partial charge in [0.05, 0.1) is 14.2 Å². The number of aromatic nitrogens is 2. The second-order valence-corrected chi connectivity index (χ2v) is 1.83. The summed E-state index contributed by atoms with van der Waals surface area (Å²) >= 11 is 0. The number of hydrogen-bond donors (Lipinski definition) is 1. The molecule has 1 heterocycles. The van der Waals surface area contributed by atoms with Crippen molar-refractivity contribution < 1.29 is 9.68 Å². The number of hydrogen-bond acceptors (Lipinski definition) is 6. The Hall–Kier alpha value is -1.24. The first-order valence-electron chi connectivity index (χ1n) is 3.28. The van der Waals surface area contributed by atoms with Crippen LogP contribution in [0.3, 0.4) is 0 Å². The van der Waals surface area contributed by atoms with Crippen molar-refractivity contribution in [2.75, 3.05) is 19.6 Å². The summed E-state index contributed by atoms with van der Waals surface area (Å²) in [7, 11) is 2.94. The average Bonchev–Trinajstić information content (AvgIpc) is 2.16. The molecule has 0 aromatic carbocycles. The zero-order chi connectivity index (χ0) is 8.81. The van der Waals surface area contributed by atoms with E-state index in [0.29, 0.717) is 5.82 Å². The number of anilines is 1. The molecule has 0 atom stereocenters. The fourth-order valence-corrected chi connectivity index (χ4v) is 0.616. The molecule has 0 aliphatic heterocycles. The van der Waals surface area contributed by atoms with Crippen LogP contribution in [0.15, 0.2) is 18.6 Å². The Kier molecular flexibility index (Phi) is 3.39. The van der Waals surface area contributed by atoms with Crippen molar-refractivity contribution >= 4 is 5.82 Å². The van der Waals surface area contributed by atoms with E-state index in [1.165, 1.54) is 20.5 Å². The maximum Gasteiger partial charge on any atom is 0.147 e. The van der Waals surface area contributed by atoms with Crippen LogP contribution in [-0.4, -0.2) is 29.5 Å². The van der Waals surface area contributed by atoms with Gasteiger partial charge in [0.2, 0.25) is 0 Å². The standard InChI is InChI=1S/C6H10N4O2/c1-11-10(12-2)9-6-3-4-7-5-8-6/h3-5H,1-2H3,(H,7,8,9). The first-order chi connectivity index (χ1) is 5.86. The first kappa shape index (κ1) is 8.85. The highest BCUT2D eigenvalue weighted by Crippen LogP contribution is 1.99. The molecule has 6 nitrogen and oxygen atoms in total. The van der Waals surface area contributed by atoms with E-state index >= 15 is 0 Å². The zero-order valence-electron chi connectivity index (χ0n) is 6.89. The van der Waals surface area contributed by atoms with Crippen molar-refractivity contribution in [3.05, 3.63) is 18.6 Å². The Morgan fingerprint density at radius 3 is 2.67 bits per heavy atom. The maximum absolute atomic E-state index is 4.74. The van der Waals surface area contributed by atoms with Gasteiger partial charge in [0, 0.05) is 17.6 Å². The SMILES string of the molecule is CON(Nc1ccncn1)OC. The van der Waals surface area contributed by atoms with Crippen molar-refractivity contribution in [3.63, 3.8) is 0 Å². The van der Waals surface area contributed by atoms with Gasteiger partial charge in [0.1, 0.15) is 12.1 Å². The fraction of sp³-hybridized carbons (Fsp3) is 0.333. The molecule has 1 aromatic heterocycles. The molecule has 0 aliphatic carbocycles. The second kappa shape index (κ2) is 4.60. The average molecular weight is 170 g/mol. The van der Waals surface area contributed by atoms with Crippen LogP contribution in [0.2, 0.25) is 0 Å². The van der Waals surface area contributed by atoms with E-state index in [1.54, 1.807) is 12.3 Å². The summed E-state index contributed by atoms with van der Waals surface area (Å²) in [6, 6.07) is 1.69. The molecule has 0 fully saturated rings. The lowest BCUT2D eigenvalue weighted by molar-refractivity contribution is -0.326. The molecule has 1 rings (SSSR count). The third-order valence-corrected chi connectivity index (χ3v) is 1.12. The molecular weight excluding hydrogens is 160 g/mol. The number of nitrogens with one attached hydrogen (secondary N) is 1. The third-order valence-electron chi connectivity index (χ3n) is 1.12. The Balaban J connectivity index is 2.51. The predicted molar refractivity (Wildman–Crippen MR) is 41.5 cm³/mol. The molecule has 0 spiro atoms. The molecule has 0 saturated carbocycles. The van der Waals surface area contributed by atoms with E-state index in [0.717, 1.165) is 5.34 Å². The molecule has 66 valence electrons. The summed E-state index contributed by atoms with van der Waals surface area (Å²) in [6.07, 6.45) is 3.03. The van der Waals surface area contributed by atoms with Crippen LogP contribution in [0.25, 0.3) is 0 Å². The van der Waals surface area contributed by atoms with Crippen molar-refractivity contribution in [2.45, 2.75) is 0 Å². The van der Waals surface area contributed by atoms with Gasteiger partial charge in [0.25, 0.3) is 0 Å². The molecule has 0 aliphatic rings. The number of hydrazine groups is 1. The molecule has 1 aromatic rings. The van der Waals surface area contributed by atoms with Crippen LogP contribution in [0, 0.1) is 0 Å². The summed E-state index contributed by atoms with van der Waals surface area (Å²) in [5.41, 5.74) is 2.72. The van der Waals surface area contributed by atoms with Crippen LogP contribution in [0.1, 0.15) is 0 Å². The molecule has 0 radical (unpaired) electrons. The van der Waals surface area contributed by atoms with E-state index in [4.69, 9.17) is 9.68 Å². The van der Waals surface area contributed by atoms with Crippen molar-refractivity contribution in [1.29, 1.82) is 0 Å². The van der Waals surface area contributed by atoms with Gasteiger partial charge >= 0.3 is 0 Å². The summed E-state index contributed by atoms with van der Waals surface area (Å²) in [4.78, 5) is 17.1. The van der Waals surface area contributed by atoms with E-state index in [-0.39, 0.29) is 0 Å². The second-order valence-electron chi connectivity index (χ2n) is 1.83. The maximum atomic E-state index is 4.74. The van der Waals surface area contributed by atoms with Gasteiger partial charge < -0.3 is 0 Å². The molecule has 12 heavy (non-hydrogen) atoms. The summed E-state index contributed by atoms with van der Waals surface area (Å²) in [5.74, 6) is 0.591. The summed E-state index contributed by atoms with van der Waals surface area (Å²) in [6.45, 7) is 0.